The number of carbonyl (C=O) groups is 1. The molecule has 0 aromatic heterocycles. The van der Waals surface area contributed by atoms with Gasteiger partial charge in [-0.2, -0.15) is 0 Å². The quantitative estimate of drug-likeness (QED) is 0.301. The minimum absolute atomic E-state index is 0.0243. The van der Waals surface area contributed by atoms with Crippen LogP contribution in [0.2, 0.25) is 0 Å². The highest BCUT2D eigenvalue weighted by Crippen LogP contribution is 2.06. The first-order chi connectivity index (χ1) is 9.56. The number of amides is 1. The van der Waals surface area contributed by atoms with E-state index in [0.29, 0.717) is 25.1 Å². The molecular formula is C14H21N3O3. The fraction of sp³-hybridized carbons (Fsp3) is 0.429. The summed E-state index contributed by atoms with van der Waals surface area (Å²) in [5.74, 6) is 0.208. The first-order valence-corrected chi connectivity index (χ1v) is 6.39. The third-order valence-electron chi connectivity index (χ3n) is 2.81. The second-order valence-corrected chi connectivity index (χ2v) is 4.73. The van der Waals surface area contributed by atoms with Crippen LogP contribution in [0.25, 0.3) is 0 Å². The predicted octanol–water partition coefficient (Wildman–Crippen LogP) is 1.07. The van der Waals surface area contributed by atoms with Crippen LogP contribution in [0.15, 0.2) is 29.4 Å². The highest BCUT2D eigenvalue weighted by Gasteiger charge is 2.08. The molecule has 0 aliphatic carbocycles. The maximum atomic E-state index is 11.7. The van der Waals surface area contributed by atoms with E-state index in [1.807, 2.05) is 13.0 Å². The Labute approximate surface area is 118 Å². The maximum Gasteiger partial charge on any atom is 0.220 e. The zero-order chi connectivity index (χ0) is 15.0. The van der Waals surface area contributed by atoms with E-state index in [9.17, 15) is 4.79 Å². The van der Waals surface area contributed by atoms with Crippen LogP contribution in [0.4, 0.5) is 0 Å². The zero-order valence-electron chi connectivity index (χ0n) is 11.8. The van der Waals surface area contributed by atoms with Gasteiger partial charge in [-0.15, -0.1) is 0 Å². The number of methoxy groups -OCH3 is 1. The number of nitrogens with zero attached hydrogens (tertiary/aromatic N) is 1. The zero-order valence-corrected chi connectivity index (χ0v) is 11.8. The Hall–Kier alpha value is -2.08. The Balaban J connectivity index is 2.51. The molecular weight excluding hydrogens is 258 g/mol. The van der Waals surface area contributed by atoms with Crippen LogP contribution in [0.1, 0.15) is 24.5 Å². The smallest absolute Gasteiger partial charge is 0.220 e. The molecule has 6 nitrogen and oxygen atoms in total. The molecule has 1 atom stereocenters. The van der Waals surface area contributed by atoms with Gasteiger partial charge in [-0.1, -0.05) is 30.3 Å². The van der Waals surface area contributed by atoms with Crippen LogP contribution in [-0.2, 0) is 16.1 Å². The van der Waals surface area contributed by atoms with Crippen LogP contribution in [0, 0.1) is 5.92 Å². The number of hydrogen-bond acceptors (Lipinski definition) is 4. The Morgan fingerprint density at radius 3 is 2.95 bits per heavy atom. The number of nitrogens with two attached hydrogens (primary N) is 1. The highest BCUT2D eigenvalue weighted by molar-refractivity contribution is 5.97. The van der Waals surface area contributed by atoms with Gasteiger partial charge in [-0.05, 0) is 17.5 Å². The van der Waals surface area contributed by atoms with E-state index in [0.717, 1.165) is 5.56 Å². The van der Waals surface area contributed by atoms with Crippen molar-refractivity contribution < 1.29 is 14.7 Å². The van der Waals surface area contributed by atoms with Crippen molar-refractivity contribution in [1.82, 2.24) is 5.32 Å². The molecule has 0 fully saturated rings. The number of amidine groups is 1. The Kier molecular flexibility index (Phi) is 6.52. The SMILES string of the molecule is COCC(C)CC(=O)NCc1cccc(/C(N)=N/O)c1. The minimum atomic E-state index is -0.0243. The van der Waals surface area contributed by atoms with E-state index >= 15 is 0 Å². The molecule has 1 amide bonds. The van der Waals surface area contributed by atoms with Gasteiger partial charge in [-0.25, -0.2) is 0 Å². The topological polar surface area (TPSA) is 96.9 Å². The van der Waals surface area contributed by atoms with Crippen molar-refractivity contribution in [2.75, 3.05) is 13.7 Å². The van der Waals surface area contributed by atoms with E-state index in [2.05, 4.69) is 10.5 Å². The monoisotopic (exact) mass is 279 g/mol. The molecule has 20 heavy (non-hydrogen) atoms. The van der Waals surface area contributed by atoms with Gasteiger partial charge in [-0.3, -0.25) is 4.79 Å². The van der Waals surface area contributed by atoms with E-state index in [1.54, 1.807) is 25.3 Å². The molecule has 0 aliphatic heterocycles. The maximum absolute atomic E-state index is 11.7. The summed E-state index contributed by atoms with van der Waals surface area (Å²) < 4.78 is 4.99. The van der Waals surface area contributed by atoms with Gasteiger partial charge in [0.05, 0.1) is 0 Å². The summed E-state index contributed by atoms with van der Waals surface area (Å²) >= 11 is 0. The molecule has 1 aromatic rings. The lowest BCUT2D eigenvalue weighted by atomic mass is 10.1. The molecule has 0 radical (unpaired) electrons. The molecule has 0 saturated heterocycles. The van der Waals surface area contributed by atoms with E-state index in [1.165, 1.54) is 0 Å². The normalized spacial score (nSPS) is 13.0. The summed E-state index contributed by atoms with van der Waals surface area (Å²) in [5.41, 5.74) is 7.03. The Morgan fingerprint density at radius 2 is 2.30 bits per heavy atom. The number of nitrogens with one attached hydrogen (secondary N) is 1. The van der Waals surface area contributed by atoms with Gasteiger partial charge in [0.15, 0.2) is 5.84 Å². The lowest BCUT2D eigenvalue weighted by molar-refractivity contribution is -0.122. The van der Waals surface area contributed by atoms with E-state index in [-0.39, 0.29) is 17.7 Å². The van der Waals surface area contributed by atoms with Crippen molar-refractivity contribution in [3.05, 3.63) is 35.4 Å². The molecule has 0 spiro atoms. The molecule has 0 saturated carbocycles. The summed E-state index contributed by atoms with van der Waals surface area (Å²) in [6.07, 6.45) is 0.424. The molecule has 1 aromatic carbocycles. The van der Waals surface area contributed by atoms with E-state index < -0.39 is 0 Å². The van der Waals surface area contributed by atoms with Gasteiger partial charge < -0.3 is 21.0 Å². The highest BCUT2D eigenvalue weighted by atomic mass is 16.5. The number of ether oxygens (including phenoxy) is 1. The van der Waals surface area contributed by atoms with Gasteiger partial charge >= 0.3 is 0 Å². The number of carbonyl (C=O) groups excluding carboxylic acids is 1. The third kappa shape index (κ3) is 5.27. The second-order valence-electron chi connectivity index (χ2n) is 4.73. The lowest BCUT2D eigenvalue weighted by Gasteiger charge is -2.11. The summed E-state index contributed by atoms with van der Waals surface area (Å²) in [6.45, 7) is 2.93. The van der Waals surface area contributed by atoms with Crippen LogP contribution >= 0.6 is 0 Å². The Morgan fingerprint density at radius 1 is 1.55 bits per heavy atom. The molecule has 1 rings (SSSR count). The fourth-order valence-corrected chi connectivity index (χ4v) is 1.83. The molecule has 110 valence electrons. The van der Waals surface area contributed by atoms with Crippen LogP contribution < -0.4 is 11.1 Å². The average molecular weight is 279 g/mol. The number of hydrogen-bond donors (Lipinski definition) is 3. The second kappa shape index (κ2) is 8.16. The van der Waals surface area contributed by atoms with Crippen molar-refractivity contribution in [1.29, 1.82) is 0 Å². The molecule has 4 N–H and O–H groups in total. The number of benzene rings is 1. The third-order valence-corrected chi connectivity index (χ3v) is 2.81. The molecule has 6 heteroatoms. The van der Waals surface area contributed by atoms with Crippen molar-refractivity contribution in [3.63, 3.8) is 0 Å². The van der Waals surface area contributed by atoms with Gasteiger partial charge in [0.25, 0.3) is 0 Å². The minimum Gasteiger partial charge on any atom is -0.409 e. The first kappa shape index (κ1) is 16.0. The van der Waals surface area contributed by atoms with Crippen molar-refractivity contribution in [2.24, 2.45) is 16.8 Å². The largest absolute Gasteiger partial charge is 0.409 e. The summed E-state index contributed by atoms with van der Waals surface area (Å²) in [7, 11) is 1.62. The van der Waals surface area contributed by atoms with Gasteiger partial charge in [0.2, 0.25) is 5.91 Å². The summed E-state index contributed by atoms with van der Waals surface area (Å²) in [4.78, 5) is 11.7. The number of oxime groups is 1. The molecule has 0 aliphatic rings. The van der Waals surface area contributed by atoms with Crippen LogP contribution in [-0.4, -0.2) is 30.7 Å². The van der Waals surface area contributed by atoms with Crippen molar-refractivity contribution in [2.45, 2.75) is 19.9 Å². The molecule has 0 bridgehead atoms. The summed E-state index contributed by atoms with van der Waals surface area (Å²) in [6, 6.07) is 7.17. The van der Waals surface area contributed by atoms with Crippen molar-refractivity contribution in [3.8, 4) is 0 Å². The predicted molar refractivity (Wildman–Crippen MR) is 76.5 cm³/mol. The summed E-state index contributed by atoms with van der Waals surface area (Å²) in [5, 5.41) is 14.4. The average Bonchev–Trinajstić information content (AvgIpc) is 2.44. The fourth-order valence-electron chi connectivity index (χ4n) is 1.83. The van der Waals surface area contributed by atoms with Crippen LogP contribution in [0.5, 0.6) is 0 Å². The van der Waals surface area contributed by atoms with Crippen LogP contribution in [0.3, 0.4) is 0 Å². The van der Waals surface area contributed by atoms with Crippen molar-refractivity contribution >= 4 is 11.7 Å². The first-order valence-electron chi connectivity index (χ1n) is 6.39. The standard InChI is InChI=1S/C14H21N3O3/c1-10(9-20-2)6-13(18)16-8-11-4-3-5-12(7-11)14(15)17-19/h3-5,7,10,19H,6,8-9H2,1-2H3,(H2,15,17)(H,16,18). The molecule has 0 heterocycles. The lowest BCUT2D eigenvalue weighted by Crippen LogP contribution is -2.25. The van der Waals surface area contributed by atoms with Gasteiger partial charge in [0.1, 0.15) is 0 Å². The van der Waals surface area contributed by atoms with Gasteiger partial charge in [0, 0.05) is 32.2 Å². The number of rotatable bonds is 7. The Bertz CT molecular complexity index is 474. The van der Waals surface area contributed by atoms with E-state index in [4.69, 9.17) is 15.7 Å². The molecule has 1 unspecified atom stereocenters.